The molecule has 28 heavy (non-hydrogen) atoms. The van der Waals surface area contributed by atoms with Crippen molar-refractivity contribution >= 4 is 11.8 Å². The maximum absolute atomic E-state index is 12.4. The van der Waals surface area contributed by atoms with Crippen molar-refractivity contribution in [3.63, 3.8) is 0 Å². The van der Waals surface area contributed by atoms with Gasteiger partial charge in [-0.2, -0.15) is 0 Å². The molecule has 2 saturated heterocycles. The highest BCUT2D eigenvalue weighted by molar-refractivity contribution is 5.91. The van der Waals surface area contributed by atoms with Crippen LogP contribution in [0, 0.1) is 6.92 Å². The van der Waals surface area contributed by atoms with Gasteiger partial charge in [-0.1, -0.05) is 6.07 Å². The van der Waals surface area contributed by atoms with Crippen molar-refractivity contribution in [1.82, 2.24) is 20.1 Å². The number of carbonyl (C=O) groups is 2. The molecule has 1 atom stereocenters. The number of carbonyl (C=O) groups excluding carboxylic acids is 2. The molecule has 7 heteroatoms. The van der Waals surface area contributed by atoms with Gasteiger partial charge in [0.1, 0.15) is 5.76 Å². The van der Waals surface area contributed by atoms with Crippen LogP contribution in [0.3, 0.4) is 0 Å². The molecule has 0 aromatic carbocycles. The third-order valence-corrected chi connectivity index (χ3v) is 5.58. The number of nitrogens with one attached hydrogen (secondary N) is 1. The lowest BCUT2D eigenvalue weighted by Gasteiger charge is -2.34. The number of pyridine rings is 1. The van der Waals surface area contributed by atoms with Crippen LogP contribution < -0.4 is 5.32 Å². The lowest BCUT2D eigenvalue weighted by molar-refractivity contribution is -0.129. The molecule has 148 valence electrons. The smallest absolute Gasteiger partial charge is 0.287 e. The summed E-state index contributed by atoms with van der Waals surface area (Å²) in [6, 6.07) is 9.51. The minimum Gasteiger partial charge on any atom is -0.456 e. The van der Waals surface area contributed by atoms with Gasteiger partial charge < -0.3 is 14.6 Å². The van der Waals surface area contributed by atoms with E-state index in [-0.39, 0.29) is 23.8 Å². The molecule has 4 heterocycles. The number of hydrogen-bond acceptors (Lipinski definition) is 5. The van der Waals surface area contributed by atoms with E-state index in [4.69, 9.17) is 4.42 Å². The molecule has 2 aromatic heterocycles. The maximum Gasteiger partial charge on any atom is 0.287 e. The second-order valence-corrected chi connectivity index (χ2v) is 7.69. The van der Waals surface area contributed by atoms with Gasteiger partial charge in [0.25, 0.3) is 5.91 Å². The van der Waals surface area contributed by atoms with E-state index in [1.165, 1.54) is 0 Å². The van der Waals surface area contributed by atoms with Gasteiger partial charge in [-0.15, -0.1) is 0 Å². The van der Waals surface area contributed by atoms with Gasteiger partial charge in [0, 0.05) is 49.9 Å². The predicted octanol–water partition coefficient (Wildman–Crippen LogP) is 2.15. The van der Waals surface area contributed by atoms with Crippen molar-refractivity contribution in [1.29, 1.82) is 0 Å². The zero-order valence-corrected chi connectivity index (χ0v) is 16.1. The number of nitrogens with zero attached hydrogens (tertiary/aromatic N) is 3. The number of hydrogen-bond donors (Lipinski definition) is 1. The molecule has 1 N–H and O–H groups in total. The van der Waals surface area contributed by atoms with Crippen LogP contribution in [0.2, 0.25) is 0 Å². The highest BCUT2D eigenvalue weighted by Crippen LogP contribution is 2.27. The Balaban J connectivity index is 1.24. The molecule has 2 aromatic rings. The summed E-state index contributed by atoms with van der Waals surface area (Å²) in [5, 5.41) is 3.05. The van der Waals surface area contributed by atoms with Crippen LogP contribution in [0.15, 0.2) is 40.9 Å². The standard InChI is InChI=1S/C21H26N4O3/c1-15-5-6-19(28-15)21(27)23-17-7-10-24(11-8-17)14-25-13-16(12-20(25)26)18-4-2-3-9-22-18/h2-6,9,16-17H,7-8,10-14H2,1H3,(H,23,27)/t16-/m0/s1. The van der Waals surface area contributed by atoms with E-state index >= 15 is 0 Å². The molecule has 0 radical (unpaired) electrons. The summed E-state index contributed by atoms with van der Waals surface area (Å²) in [5.41, 5.74) is 0.993. The Kier molecular flexibility index (Phi) is 5.43. The van der Waals surface area contributed by atoms with E-state index < -0.39 is 0 Å². The number of aromatic nitrogens is 1. The fourth-order valence-corrected chi connectivity index (χ4v) is 4.00. The lowest BCUT2D eigenvalue weighted by atomic mass is 10.0. The van der Waals surface area contributed by atoms with Crippen molar-refractivity contribution in [2.45, 2.75) is 38.1 Å². The molecule has 2 amide bonds. The Morgan fingerprint density at radius 1 is 1.25 bits per heavy atom. The van der Waals surface area contributed by atoms with E-state index in [2.05, 4.69) is 15.2 Å². The number of piperidine rings is 1. The Labute approximate surface area is 164 Å². The molecular formula is C21H26N4O3. The first kappa shape index (κ1) is 18.7. The monoisotopic (exact) mass is 382 g/mol. The van der Waals surface area contributed by atoms with Gasteiger partial charge in [-0.25, -0.2) is 0 Å². The van der Waals surface area contributed by atoms with Gasteiger partial charge in [-0.05, 0) is 44.0 Å². The molecule has 0 bridgehead atoms. The van der Waals surface area contributed by atoms with Gasteiger partial charge in [0.2, 0.25) is 5.91 Å². The number of aryl methyl sites for hydroxylation is 1. The van der Waals surface area contributed by atoms with Crippen molar-refractivity contribution in [2.24, 2.45) is 0 Å². The Hall–Kier alpha value is -2.67. The van der Waals surface area contributed by atoms with Crippen molar-refractivity contribution in [3.8, 4) is 0 Å². The topological polar surface area (TPSA) is 78.7 Å². The largest absolute Gasteiger partial charge is 0.456 e. The fourth-order valence-electron chi connectivity index (χ4n) is 4.00. The van der Waals surface area contributed by atoms with Crippen molar-refractivity contribution in [2.75, 3.05) is 26.3 Å². The second-order valence-electron chi connectivity index (χ2n) is 7.69. The molecule has 7 nitrogen and oxygen atoms in total. The van der Waals surface area contributed by atoms with E-state index in [0.717, 1.165) is 43.9 Å². The van der Waals surface area contributed by atoms with Gasteiger partial charge >= 0.3 is 0 Å². The van der Waals surface area contributed by atoms with Crippen LogP contribution in [0.4, 0.5) is 0 Å². The Morgan fingerprint density at radius 3 is 2.75 bits per heavy atom. The number of rotatable bonds is 5. The quantitative estimate of drug-likeness (QED) is 0.857. The van der Waals surface area contributed by atoms with Crippen LogP contribution in [0.25, 0.3) is 0 Å². The van der Waals surface area contributed by atoms with Crippen LogP contribution in [0.1, 0.15) is 47.2 Å². The zero-order valence-electron chi connectivity index (χ0n) is 16.1. The number of likely N-dealkylation sites (tertiary alicyclic amines) is 2. The third kappa shape index (κ3) is 4.25. The van der Waals surface area contributed by atoms with Crippen LogP contribution >= 0.6 is 0 Å². The fraction of sp³-hybridized carbons (Fsp3) is 0.476. The summed E-state index contributed by atoms with van der Waals surface area (Å²) >= 11 is 0. The summed E-state index contributed by atoms with van der Waals surface area (Å²) in [6.07, 6.45) is 4.06. The number of amides is 2. The highest BCUT2D eigenvalue weighted by Gasteiger charge is 2.33. The third-order valence-electron chi connectivity index (χ3n) is 5.58. The first-order valence-corrected chi connectivity index (χ1v) is 9.87. The zero-order chi connectivity index (χ0) is 19.5. The Bertz CT molecular complexity index is 827. The summed E-state index contributed by atoms with van der Waals surface area (Å²) in [6.45, 7) is 4.93. The first-order valence-electron chi connectivity index (χ1n) is 9.87. The second kappa shape index (κ2) is 8.14. The SMILES string of the molecule is Cc1ccc(C(=O)NC2CCN(CN3C[C@@H](c4ccccn4)CC3=O)CC2)o1. The summed E-state index contributed by atoms with van der Waals surface area (Å²) in [4.78, 5) is 33.3. The average Bonchev–Trinajstić information content (AvgIpc) is 3.30. The summed E-state index contributed by atoms with van der Waals surface area (Å²) in [5.74, 6) is 1.32. The molecule has 0 saturated carbocycles. The van der Waals surface area contributed by atoms with E-state index in [0.29, 0.717) is 18.8 Å². The van der Waals surface area contributed by atoms with E-state index in [9.17, 15) is 9.59 Å². The molecule has 0 spiro atoms. The van der Waals surface area contributed by atoms with Crippen molar-refractivity contribution < 1.29 is 14.0 Å². The average molecular weight is 382 g/mol. The van der Waals surface area contributed by atoms with Gasteiger partial charge in [0.15, 0.2) is 5.76 Å². The highest BCUT2D eigenvalue weighted by atomic mass is 16.3. The van der Waals surface area contributed by atoms with Gasteiger partial charge in [0.05, 0.1) is 6.67 Å². The van der Waals surface area contributed by atoms with Crippen LogP contribution in [0.5, 0.6) is 0 Å². The van der Waals surface area contributed by atoms with Crippen LogP contribution in [-0.2, 0) is 4.79 Å². The maximum atomic E-state index is 12.4. The van der Waals surface area contributed by atoms with Crippen LogP contribution in [-0.4, -0.2) is 58.9 Å². The predicted molar refractivity (Wildman–Crippen MR) is 104 cm³/mol. The minimum atomic E-state index is -0.153. The summed E-state index contributed by atoms with van der Waals surface area (Å²) < 4.78 is 5.38. The van der Waals surface area contributed by atoms with E-state index in [1.54, 1.807) is 18.3 Å². The molecule has 2 fully saturated rings. The molecule has 4 rings (SSSR count). The van der Waals surface area contributed by atoms with E-state index in [1.807, 2.05) is 30.0 Å². The summed E-state index contributed by atoms with van der Waals surface area (Å²) in [7, 11) is 0. The minimum absolute atomic E-state index is 0.143. The molecule has 2 aliphatic rings. The molecule has 0 aliphatic carbocycles. The van der Waals surface area contributed by atoms with Gasteiger partial charge in [-0.3, -0.25) is 19.5 Å². The molecular weight excluding hydrogens is 356 g/mol. The Morgan fingerprint density at radius 2 is 2.07 bits per heavy atom. The first-order chi connectivity index (χ1) is 13.6. The number of furan rings is 1. The normalized spacial score (nSPS) is 21.2. The molecule has 2 aliphatic heterocycles. The lowest BCUT2D eigenvalue weighted by Crippen LogP contribution is -2.48. The molecule has 0 unspecified atom stereocenters. The van der Waals surface area contributed by atoms with Crippen molar-refractivity contribution in [3.05, 3.63) is 53.7 Å².